The standard InChI is InChI=1S/C14H15BrFN3/c1-4-12-8(2)13(17-3)19-14(18-12)9-5-10(15)7-11(16)6-9/h5-7H,4H2,1-3H3,(H,17,18,19). The molecule has 0 aliphatic carbocycles. The van der Waals surface area contributed by atoms with Gasteiger partial charge in [-0.05, 0) is 31.5 Å². The normalized spacial score (nSPS) is 10.6. The van der Waals surface area contributed by atoms with Gasteiger partial charge in [0, 0.05) is 28.3 Å². The van der Waals surface area contributed by atoms with Gasteiger partial charge >= 0.3 is 0 Å². The number of hydrogen-bond acceptors (Lipinski definition) is 3. The zero-order valence-electron chi connectivity index (χ0n) is 11.1. The van der Waals surface area contributed by atoms with E-state index < -0.39 is 0 Å². The summed E-state index contributed by atoms with van der Waals surface area (Å²) in [6, 6.07) is 4.67. The van der Waals surface area contributed by atoms with Crippen LogP contribution in [-0.4, -0.2) is 17.0 Å². The molecule has 1 heterocycles. The van der Waals surface area contributed by atoms with Gasteiger partial charge in [0.05, 0.1) is 0 Å². The predicted molar refractivity (Wildman–Crippen MR) is 78.8 cm³/mol. The zero-order chi connectivity index (χ0) is 14.0. The van der Waals surface area contributed by atoms with Crippen molar-refractivity contribution in [3.8, 4) is 11.4 Å². The van der Waals surface area contributed by atoms with Crippen LogP contribution in [0.2, 0.25) is 0 Å². The van der Waals surface area contributed by atoms with Crippen LogP contribution in [0, 0.1) is 12.7 Å². The van der Waals surface area contributed by atoms with E-state index in [0.717, 1.165) is 23.5 Å². The Morgan fingerprint density at radius 2 is 2.00 bits per heavy atom. The molecule has 0 saturated heterocycles. The smallest absolute Gasteiger partial charge is 0.161 e. The Morgan fingerprint density at radius 1 is 1.26 bits per heavy atom. The molecule has 1 aromatic heterocycles. The van der Waals surface area contributed by atoms with Crippen LogP contribution in [0.4, 0.5) is 10.2 Å². The number of nitrogens with one attached hydrogen (secondary N) is 1. The molecule has 100 valence electrons. The van der Waals surface area contributed by atoms with E-state index in [1.165, 1.54) is 12.1 Å². The minimum absolute atomic E-state index is 0.308. The molecule has 0 bridgehead atoms. The first-order valence-electron chi connectivity index (χ1n) is 6.07. The highest BCUT2D eigenvalue weighted by atomic mass is 79.9. The molecule has 2 aromatic rings. The third kappa shape index (κ3) is 2.92. The number of aromatic nitrogens is 2. The molecule has 0 amide bonds. The van der Waals surface area contributed by atoms with Crippen LogP contribution in [0.5, 0.6) is 0 Å². The highest BCUT2D eigenvalue weighted by Gasteiger charge is 2.11. The van der Waals surface area contributed by atoms with Crippen LogP contribution in [0.25, 0.3) is 11.4 Å². The Hall–Kier alpha value is -1.49. The Labute approximate surface area is 120 Å². The molecule has 3 nitrogen and oxygen atoms in total. The topological polar surface area (TPSA) is 37.8 Å². The number of aryl methyl sites for hydroxylation is 1. The van der Waals surface area contributed by atoms with Crippen molar-refractivity contribution in [2.75, 3.05) is 12.4 Å². The molecule has 0 radical (unpaired) electrons. The second-order valence-electron chi connectivity index (χ2n) is 4.23. The molecule has 5 heteroatoms. The predicted octanol–water partition coefficient (Wildman–Crippen LogP) is 3.96. The fourth-order valence-electron chi connectivity index (χ4n) is 1.96. The lowest BCUT2D eigenvalue weighted by atomic mass is 10.1. The minimum atomic E-state index is -0.308. The summed E-state index contributed by atoms with van der Waals surface area (Å²) in [5.41, 5.74) is 2.66. The Kier molecular flexibility index (Phi) is 4.14. The fraction of sp³-hybridized carbons (Fsp3) is 0.286. The quantitative estimate of drug-likeness (QED) is 0.929. The van der Waals surface area contributed by atoms with Gasteiger partial charge in [0.15, 0.2) is 5.82 Å². The van der Waals surface area contributed by atoms with Crippen molar-refractivity contribution < 1.29 is 4.39 Å². The summed E-state index contributed by atoms with van der Waals surface area (Å²) in [6.45, 7) is 4.02. The van der Waals surface area contributed by atoms with Gasteiger partial charge in [0.25, 0.3) is 0 Å². The molecule has 0 fully saturated rings. The SMILES string of the molecule is CCc1nc(-c2cc(F)cc(Br)c2)nc(NC)c1C. The van der Waals surface area contributed by atoms with Crippen molar-refractivity contribution >= 4 is 21.7 Å². The molecule has 0 spiro atoms. The van der Waals surface area contributed by atoms with Gasteiger partial charge in [-0.1, -0.05) is 22.9 Å². The highest BCUT2D eigenvalue weighted by Crippen LogP contribution is 2.25. The van der Waals surface area contributed by atoms with E-state index >= 15 is 0 Å². The summed E-state index contributed by atoms with van der Waals surface area (Å²) >= 11 is 3.28. The maximum atomic E-state index is 13.5. The van der Waals surface area contributed by atoms with E-state index in [2.05, 4.69) is 31.2 Å². The molecule has 1 aromatic carbocycles. The fourth-order valence-corrected chi connectivity index (χ4v) is 2.43. The maximum absolute atomic E-state index is 13.5. The molecule has 1 N–H and O–H groups in total. The molecule has 0 unspecified atom stereocenters. The van der Waals surface area contributed by atoms with E-state index in [0.29, 0.717) is 15.9 Å². The largest absolute Gasteiger partial charge is 0.373 e. The molecule has 19 heavy (non-hydrogen) atoms. The second-order valence-corrected chi connectivity index (χ2v) is 5.14. The zero-order valence-corrected chi connectivity index (χ0v) is 12.7. The van der Waals surface area contributed by atoms with Gasteiger partial charge in [-0.15, -0.1) is 0 Å². The van der Waals surface area contributed by atoms with Crippen LogP contribution in [0.15, 0.2) is 22.7 Å². The molecular formula is C14H15BrFN3. The average molecular weight is 324 g/mol. The van der Waals surface area contributed by atoms with Crippen molar-refractivity contribution in [3.63, 3.8) is 0 Å². The van der Waals surface area contributed by atoms with Gasteiger partial charge < -0.3 is 5.32 Å². The van der Waals surface area contributed by atoms with Crippen molar-refractivity contribution in [1.29, 1.82) is 0 Å². The maximum Gasteiger partial charge on any atom is 0.161 e. The number of nitrogens with zero attached hydrogens (tertiary/aromatic N) is 2. The first kappa shape index (κ1) is 13.9. The first-order chi connectivity index (χ1) is 9.05. The lowest BCUT2D eigenvalue weighted by Crippen LogP contribution is -2.04. The van der Waals surface area contributed by atoms with Crippen LogP contribution in [0.1, 0.15) is 18.2 Å². The summed E-state index contributed by atoms with van der Waals surface area (Å²) in [6.07, 6.45) is 0.812. The van der Waals surface area contributed by atoms with Crippen molar-refractivity contribution in [1.82, 2.24) is 9.97 Å². The number of hydrogen-bond donors (Lipinski definition) is 1. The number of anilines is 1. The lowest BCUT2D eigenvalue weighted by Gasteiger charge is -2.11. The summed E-state index contributed by atoms with van der Waals surface area (Å²) in [5, 5.41) is 3.05. The van der Waals surface area contributed by atoms with E-state index in [9.17, 15) is 4.39 Å². The van der Waals surface area contributed by atoms with Gasteiger partial charge in [-0.3, -0.25) is 0 Å². The van der Waals surface area contributed by atoms with Gasteiger partial charge in [-0.2, -0.15) is 0 Å². The third-order valence-electron chi connectivity index (χ3n) is 2.94. The summed E-state index contributed by atoms with van der Waals surface area (Å²) in [4.78, 5) is 8.96. The van der Waals surface area contributed by atoms with Crippen LogP contribution >= 0.6 is 15.9 Å². The summed E-state index contributed by atoms with van der Waals surface area (Å²) in [5.74, 6) is 1.01. The second kappa shape index (κ2) is 5.65. The Balaban J connectivity index is 2.61. The Bertz CT molecular complexity index is 568. The van der Waals surface area contributed by atoms with Crippen molar-refractivity contribution in [2.45, 2.75) is 20.3 Å². The van der Waals surface area contributed by atoms with Gasteiger partial charge in [0.1, 0.15) is 11.6 Å². The van der Waals surface area contributed by atoms with E-state index in [1.807, 2.05) is 27.0 Å². The molecule has 2 rings (SSSR count). The molecular weight excluding hydrogens is 309 g/mol. The lowest BCUT2D eigenvalue weighted by molar-refractivity contribution is 0.627. The number of rotatable bonds is 3. The molecule has 0 aliphatic heterocycles. The molecule has 0 saturated carbocycles. The van der Waals surface area contributed by atoms with Crippen molar-refractivity contribution in [3.05, 3.63) is 39.7 Å². The summed E-state index contributed by atoms with van der Waals surface area (Å²) in [7, 11) is 1.82. The van der Waals surface area contributed by atoms with E-state index in [4.69, 9.17) is 0 Å². The first-order valence-corrected chi connectivity index (χ1v) is 6.86. The molecule has 0 aliphatic rings. The Morgan fingerprint density at radius 3 is 2.58 bits per heavy atom. The van der Waals surface area contributed by atoms with Crippen LogP contribution in [0.3, 0.4) is 0 Å². The third-order valence-corrected chi connectivity index (χ3v) is 3.40. The van der Waals surface area contributed by atoms with Gasteiger partial charge in [-0.25, -0.2) is 14.4 Å². The summed E-state index contributed by atoms with van der Waals surface area (Å²) < 4.78 is 14.1. The number of halogens is 2. The highest BCUT2D eigenvalue weighted by molar-refractivity contribution is 9.10. The monoisotopic (exact) mass is 323 g/mol. The van der Waals surface area contributed by atoms with Crippen molar-refractivity contribution in [2.24, 2.45) is 0 Å². The van der Waals surface area contributed by atoms with Gasteiger partial charge in [0.2, 0.25) is 0 Å². The molecule has 0 atom stereocenters. The number of benzene rings is 1. The van der Waals surface area contributed by atoms with Crippen LogP contribution in [-0.2, 0) is 6.42 Å². The van der Waals surface area contributed by atoms with Crippen LogP contribution < -0.4 is 5.32 Å². The minimum Gasteiger partial charge on any atom is -0.373 e. The van der Waals surface area contributed by atoms with E-state index in [1.54, 1.807) is 0 Å². The average Bonchev–Trinajstić information content (AvgIpc) is 2.37. The van der Waals surface area contributed by atoms with E-state index in [-0.39, 0.29) is 5.82 Å².